The zero-order valence-electron chi connectivity index (χ0n) is 8.32. The van der Waals surface area contributed by atoms with Crippen LogP contribution in [-0.4, -0.2) is 0 Å². The van der Waals surface area contributed by atoms with Gasteiger partial charge in [0.25, 0.3) is 0 Å². The van der Waals surface area contributed by atoms with Crippen molar-refractivity contribution >= 4 is 0 Å². The van der Waals surface area contributed by atoms with Crippen molar-refractivity contribution in [1.82, 2.24) is 0 Å². The van der Waals surface area contributed by atoms with E-state index in [1.165, 1.54) is 31.3 Å². The van der Waals surface area contributed by atoms with Gasteiger partial charge in [0.05, 0.1) is 0 Å². The number of allylic oxidation sites excluding steroid dienone is 1. The van der Waals surface area contributed by atoms with E-state index in [4.69, 9.17) is 0 Å². The van der Waals surface area contributed by atoms with Crippen LogP contribution in [0.3, 0.4) is 0 Å². The highest BCUT2D eigenvalue weighted by Crippen LogP contribution is 2.20. The molecule has 0 heteroatoms. The Morgan fingerprint density at radius 2 is 1.91 bits per heavy atom. The lowest BCUT2D eigenvalue weighted by atomic mass is 9.92. The highest BCUT2D eigenvalue weighted by molar-refractivity contribution is 4.94. The van der Waals surface area contributed by atoms with E-state index in [0.29, 0.717) is 0 Å². The molecular formula is C11H22. The Labute approximate surface area is 71.7 Å². The predicted molar refractivity (Wildman–Crippen MR) is 52.7 cm³/mol. The number of rotatable bonds is 6. The van der Waals surface area contributed by atoms with Gasteiger partial charge in [-0.1, -0.05) is 52.2 Å². The molecule has 0 amide bonds. The summed E-state index contributed by atoms with van der Waals surface area (Å²) in [6, 6.07) is 0. The fraction of sp³-hybridized carbons (Fsp3) is 0.818. The summed E-state index contributed by atoms with van der Waals surface area (Å²) in [7, 11) is 0. The van der Waals surface area contributed by atoms with E-state index in [1.54, 1.807) is 0 Å². The van der Waals surface area contributed by atoms with Crippen molar-refractivity contribution in [3.63, 3.8) is 0 Å². The van der Waals surface area contributed by atoms with Gasteiger partial charge in [-0.2, -0.15) is 0 Å². The quantitative estimate of drug-likeness (QED) is 0.504. The first kappa shape index (κ1) is 10.7. The van der Waals surface area contributed by atoms with Gasteiger partial charge in [0.15, 0.2) is 0 Å². The second-order valence-electron chi connectivity index (χ2n) is 3.37. The average molecular weight is 154 g/mol. The van der Waals surface area contributed by atoms with Gasteiger partial charge in [0.1, 0.15) is 0 Å². The zero-order chi connectivity index (χ0) is 8.69. The van der Waals surface area contributed by atoms with Gasteiger partial charge < -0.3 is 0 Å². The molecule has 0 aromatic carbocycles. The Kier molecular flexibility index (Phi) is 6.30. The molecule has 0 radical (unpaired) electrons. The summed E-state index contributed by atoms with van der Waals surface area (Å²) in [6.45, 7) is 10.8. The highest BCUT2D eigenvalue weighted by Gasteiger charge is 2.05. The van der Waals surface area contributed by atoms with Gasteiger partial charge in [-0.05, 0) is 18.8 Å². The van der Waals surface area contributed by atoms with Crippen LogP contribution in [0.5, 0.6) is 0 Å². The average Bonchev–Trinajstić information content (AvgIpc) is 2.03. The second-order valence-corrected chi connectivity index (χ2v) is 3.37. The molecule has 0 saturated carbocycles. The Bertz CT molecular complexity index is 103. The van der Waals surface area contributed by atoms with Crippen molar-refractivity contribution in [3.8, 4) is 0 Å². The molecule has 1 atom stereocenters. The maximum atomic E-state index is 4.04. The minimum Gasteiger partial charge on any atom is -0.0999 e. The molecule has 0 fully saturated rings. The molecule has 0 bridgehead atoms. The minimum atomic E-state index is 0.896. The molecule has 0 aromatic rings. The molecule has 0 rings (SSSR count). The molecule has 0 aliphatic rings. The Balaban J connectivity index is 3.58. The standard InChI is InChI=1S/C11H22/c1-5-8-11(7-3)9-10(4)6-2/h11H,4-9H2,1-3H3. The summed E-state index contributed by atoms with van der Waals surface area (Å²) in [6.07, 6.45) is 6.40. The maximum Gasteiger partial charge on any atom is -0.0295 e. The molecule has 0 saturated heterocycles. The van der Waals surface area contributed by atoms with Gasteiger partial charge >= 0.3 is 0 Å². The van der Waals surface area contributed by atoms with Gasteiger partial charge in [-0.25, -0.2) is 0 Å². The summed E-state index contributed by atoms with van der Waals surface area (Å²) in [5.41, 5.74) is 1.42. The Morgan fingerprint density at radius 1 is 1.27 bits per heavy atom. The van der Waals surface area contributed by atoms with Crippen LogP contribution in [-0.2, 0) is 0 Å². The lowest BCUT2D eigenvalue weighted by Crippen LogP contribution is -1.99. The summed E-state index contributed by atoms with van der Waals surface area (Å²) < 4.78 is 0. The van der Waals surface area contributed by atoms with Crippen LogP contribution < -0.4 is 0 Å². The number of hydrogen-bond acceptors (Lipinski definition) is 0. The fourth-order valence-electron chi connectivity index (χ4n) is 1.41. The molecule has 0 nitrogen and oxygen atoms in total. The lowest BCUT2D eigenvalue weighted by Gasteiger charge is -2.13. The molecule has 66 valence electrons. The largest absolute Gasteiger partial charge is 0.0999 e. The summed E-state index contributed by atoms with van der Waals surface area (Å²) in [5, 5.41) is 0. The molecule has 0 heterocycles. The van der Waals surface area contributed by atoms with Crippen molar-refractivity contribution in [3.05, 3.63) is 12.2 Å². The molecule has 0 aromatic heterocycles. The van der Waals surface area contributed by atoms with Gasteiger partial charge in [0.2, 0.25) is 0 Å². The first-order chi connectivity index (χ1) is 5.24. The second kappa shape index (κ2) is 6.45. The van der Waals surface area contributed by atoms with E-state index in [1.807, 2.05) is 0 Å². The third kappa shape index (κ3) is 5.06. The number of hydrogen-bond donors (Lipinski definition) is 0. The van der Waals surface area contributed by atoms with E-state index in [9.17, 15) is 0 Å². The van der Waals surface area contributed by atoms with Gasteiger partial charge in [0, 0.05) is 0 Å². The summed E-state index contributed by atoms with van der Waals surface area (Å²) in [5.74, 6) is 0.896. The fourth-order valence-corrected chi connectivity index (χ4v) is 1.41. The first-order valence-electron chi connectivity index (χ1n) is 4.91. The van der Waals surface area contributed by atoms with Crippen LogP contribution in [0.1, 0.15) is 52.9 Å². The van der Waals surface area contributed by atoms with E-state index in [2.05, 4.69) is 27.4 Å². The molecule has 0 aliphatic carbocycles. The third-order valence-corrected chi connectivity index (χ3v) is 2.35. The smallest absolute Gasteiger partial charge is 0.0295 e. The first-order valence-corrected chi connectivity index (χ1v) is 4.91. The van der Waals surface area contributed by atoms with Gasteiger partial charge in [-0.3, -0.25) is 0 Å². The van der Waals surface area contributed by atoms with E-state index in [0.717, 1.165) is 12.3 Å². The van der Waals surface area contributed by atoms with Crippen LogP contribution in [0.4, 0.5) is 0 Å². The predicted octanol–water partition coefficient (Wildman–Crippen LogP) is 4.17. The molecule has 11 heavy (non-hydrogen) atoms. The maximum absolute atomic E-state index is 4.04. The van der Waals surface area contributed by atoms with Crippen molar-refractivity contribution in [2.45, 2.75) is 52.9 Å². The molecular weight excluding hydrogens is 132 g/mol. The molecule has 0 aliphatic heterocycles. The molecule has 0 N–H and O–H groups in total. The van der Waals surface area contributed by atoms with Crippen LogP contribution >= 0.6 is 0 Å². The van der Waals surface area contributed by atoms with E-state index in [-0.39, 0.29) is 0 Å². The van der Waals surface area contributed by atoms with Crippen molar-refractivity contribution in [2.75, 3.05) is 0 Å². The van der Waals surface area contributed by atoms with Crippen molar-refractivity contribution < 1.29 is 0 Å². The monoisotopic (exact) mass is 154 g/mol. The van der Waals surface area contributed by atoms with Crippen LogP contribution in [0.25, 0.3) is 0 Å². The third-order valence-electron chi connectivity index (χ3n) is 2.35. The van der Waals surface area contributed by atoms with E-state index < -0.39 is 0 Å². The highest BCUT2D eigenvalue weighted by atomic mass is 14.1. The Morgan fingerprint density at radius 3 is 2.27 bits per heavy atom. The summed E-state index contributed by atoms with van der Waals surface area (Å²) >= 11 is 0. The zero-order valence-corrected chi connectivity index (χ0v) is 8.32. The van der Waals surface area contributed by atoms with Crippen molar-refractivity contribution in [1.29, 1.82) is 0 Å². The van der Waals surface area contributed by atoms with Crippen LogP contribution in [0.15, 0.2) is 12.2 Å². The van der Waals surface area contributed by atoms with E-state index >= 15 is 0 Å². The summed E-state index contributed by atoms with van der Waals surface area (Å²) in [4.78, 5) is 0. The molecule has 1 unspecified atom stereocenters. The lowest BCUT2D eigenvalue weighted by molar-refractivity contribution is 0.457. The topological polar surface area (TPSA) is 0 Å². The molecule has 0 spiro atoms. The van der Waals surface area contributed by atoms with Crippen LogP contribution in [0.2, 0.25) is 0 Å². The normalized spacial score (nSPS) is 13.0. The van der Waals surface area contributed by atoms with Gasteiger partial charge in [-0.15, -0.1) is 0 Å². The Hall–Kier alpha value is -0.260. The minimum absolute atomic E-state index is 0.896. The SMILES string of the molecule is C=C(CC)CC(CC)CCC. The van der Waals surface area contributed by atoms with Crippen LogP contribution in [0, 0.1) is 5.92 Å². The van der Waals surface area contributed by atoms with Crippen molar-refractivity contribution in [2.24, 2.45) is 5.92 Å².